The summed E-state index contributed by atoms with van der Waals surface area (Å²) in [5.41, 5.74) is 13.9. The van der Waals surface area contributed by atoms with Crippen LogP contribution in [0.4, 0.5) is 0 Å². The highest BCUT2D eigenvalue weighted by atomic mass is 15.2. The van der Waals surface area contributed by atoms with Gasteiger partial charge in [-0.3, -0.25) is 4.57 Å². The average molecular weight is 947 g/mol. The Balaban J connectivity index is 1.00. The van der Waals surface area contributed by atoms with Gasteiger partial charge in [0, 0.05) is 55.0 Å². The third-order valence-electron chi connectivity index (χ3n) is 13.8. The van der Waals surface area contributed by atoms with Crippen LogP contribution in [0.1, 0.15) is 0 Å². The molecule has 10 aromatic carbocycles. The van der Waals surface area contributed by atoms with Crippen molar-refractivity contribution in [3.63, 3.8) is 0 Å². The summed E-state index contributed by atoms with van der Waals surface area (Å²) in [6.07, 6.45) is 0. The first-order valence-corrected chi connectivity index (χ1v) is 24.7. The van der Waals surface area contributed by atoms with Gasteiger partial charge in [0.25, 0.3) is 0 Å². The molecular weight excluding hydrogens is 905 g/mol. The Morgan fingerprint density at radius 3 is 1.05 bits per heavy atom. The van der Waals surface area contributed by atoms with Crippen molar-refractivity contribution in [1.29, 1.82) is 0 Å². The Morgan fingerprint density at radius 2 is 0.554 bits per heavy atom. The van der Waals surface area contributed by atoms with Crippen molar-refractivity contribution < 1.29 is 0 Å². The molecule has 8 heteroatoms. The molecule has 4 aromatic heterocycles. The largest absolute Gasteiger partial charge is 0.307 e. The van der Waals surface area contributed by atoms with Gasteiger partial charge < -0.3 is 4.57 Å². The lowest BCUT2D eigenvalue weighted by Gasteiger charge is -2.14. The van der Waals surface area contributed by atoms with Gasteiger partial charge in [-0.25, -0.2) is 19.9 Å². The lowest BCUT2D eigenvalue weighted by molar-refractivity contribution is 0.953. The van der Waals surface area contributed by atoms with Crippen molar-refractivity contribution in [2.45, 2.75) is 0 Å². The standard InChI is InChI=1S/C66H42N8/c1-5-20-43(21-6-1)47-28-17-30-49(40-47)63-67-61(45-24-9-3-10-25-45)68-64(70-63)51-32-19-33-52(42-51)73-57-36-15-13-34-53(57)55-38-39-56-54-35-14-16-37-58(54)74(60(56)59(55)73)66-71-62(46-26-11-4-12-27-46)69-65(72-66)50-31-18-29-48(41-50)44-22-7-2-8-23-44/h1-42H. The maximum absolute atomic E-state index is 5.42. The predicted molar refractivity (Wildman–Crippen MR) is 300 cm³/mol. The predicted octanol–water partition coefficient (Wildman–Crippen LogP) is 15.9. The third-order valence-corrected chi connectivity index (χ3v) is 13.8. The lowest BCUT2D eigenvalue weighted by Crippen LogP contribution is -2.07. The number of hydrogen-bond donors (Lipinski definition) is 0. The Kier molecular flexibility index (Phi) is 10.3. The van der Waals surface area contributed by atoms with Crippen molar-refractivity contribution in [3.05, 3.63) is 255 Å². The lowest BCUT2D eigenvalue weighted by atomic mass is 10.0. The van der Waals surface area contributed by atoms with E-state index >= 15 is 0 Å². The molecule has 0 N–H and O–H groups in total. The fraction of sp³-hybridized carbons (Fsp3) is 0. The van der Waals surface area contributed by atoms with Crippen LogP contribution in [-0.2, 0) is 0 Å². The second-order valence-electron chi connectivity index (χ2n) is 18.3. The van der Waals surface area contributed by atoms with Gasteiger partial charge in [-0.05, 0) is 58.7 Å². The van der Waals surface area contributed by atoms with Crippen molar-refractivity contribution in [1.82, 2.24) is 39.0 Å². The Morgan fingerprint density at radius 1 is 0.216 bits per heavy atom. The summed E-state index contributed by atoms with van der Waals surface area (Å²) in [4.78, 5) is 31.5. The van der Waals surface area contributed by atoms with Gasteiger partial charge in [0.1, 0.15) is 0 Å². The van der Waals surface area contributed by atoms with Crippen LogP contribution in [0.3, 0.4) is 0 Å². The molecular formula is C66H42N8. The van der Waals surface area contributed by atoms with E-state index in [0.29, 0.717) is 35.1 Å². The van der Waals surface area contributed by atoms with Crippen molar-refractivity contribution in [2.75, 3.05) is 0 Å². The molecule has 346 valence electrons. The van der Waals surface area contributed by atoms with Crippen LogP contribution < -0.4 is 0 Å². The number of hydrogen-bond acceptors (Lipinski definition) is 6. The van der Waals surface area contributed by atoms with Crippen molar-refractivity contribution >= 4 is 43.6 Å². The Bertz CT molecular complexity index is 4420. The van der Waals surface area contributed by atoms with Gasteiger partial charge in [0.2, 0.25) is 5.95 Å². The highest BCUT2D eigenvalue weighted by Crippen LogP contribution is 2.42. The fourth-order valence-corrected chi connectivity index (χ4v) is 10.4. The number of rotatable bonds is 9. The summed E-state index contributed by atoms with van der Waals surface area (Å²) in [6.45, 7) is 0. The first kappa shape index (κ1) is 42.7. The van der Waals surface area contributed by atoms with E-state index in [-0.39, 0.29) is 0 Å². The zero-order valence-corrected chi connectivity index (χ0v) is 39.8. The summed E-state index contributed by atoms with van der Waals surface area (Å²) >= 11 is 0. The van der Waals surface area contributed by atoms with E-state index < -0.39 is 0 Å². The molecule has 74 heavy (non-hydrogen) atoms. The molecule has 0 saturated carbocycles. The molecule has 0 aliphatic carbocycles. The zero-order valence-electron chi connectivity index (χ0n) is 39.8. The minimum absolute atomic E-state index is 0.519. The van der Waals surface area contributed by atoms with Crippen LogP contribution in [0, 0.1) is 0 Å². The number of nitrogens with zero attached hydrogens (tertiary/aromatic N) is 8. The number of benzene rings is 10. The summed E-state index contributed by atoms with van der Waals surface area (Å²) in [5, 5.41) is 4.39. The molecule has 14 aromatic rings. The SMILES string of the molecule is c1ccc(-c2cccc(-c3nc(-c4ccccc4)nc(-c4cccc(-n5c6ccccc6c6ccc7c8ccccc8n(-c8nc(-c9ccccc9)nc(-c9cccc(-c%10ccccc%10)c9)n8)c7c65)c4)n3)c2)cc1. The number of para-hydroxylation sites is 2. The van der Waals surface area contributed by atoms with Gasteiger partial charge in [-0.1, -0.05) is 218 Å². The van der Waals surface area contributed by atoms with E-state index in [1.807, 2.05) is 60.7 Å². The molecule has 0 saturated heterocycles. The average Bonchev–Trinajstić information content (AvgIpc) is 4.03. The summed E-state index contributed by atoms with van der Waals surface area (Å²) in [5.74, 6) is 3.45. The van der Waals surface area contributed by atoms with Crippen molar-refractivity contribution in [3.8, 4) is 90.8 Å². The van der Waals surface area contributed by atoms with Crippen LogP contribution in [0.5, 0.6) is 0 Å². The molecule has 0 fully saturated rings. The molecule has 0 aliphatic rings. The van der Waals surface area contributed by atoms with E-state index in [1.54, 1.807) is 0 Å². The highest BCUT2D eigenvalue weighted by molar-refractivity contribution is 6.23. The topological polar surface area (TPSA) is 87.2 Å². The van der Waals surface area contributed by atoms with Crippen LogP contribution in [0.2, 0.25) is 0 Å². The third kappa shape index (κ3) is 7.48. The zero-order chi connectivity index (χ0) is 49.0. The minimum atomic E-state index is 0.519. The first-order valence-electron chi connectivity index (χ1n) is 24.7. The Labute approximate surface area is 426 Å². The van der Waals surface area contributed by atoms with Crippen LogP contribution in [0.15, 0.2) is 255 Å². The monoisotopic (exact) mass is 946 g/mol. The fourth-order valence-electron chi connectivity index (χ4n) is 10.4. The van der Waals surface area contributed by atoms with Gasteiger partial charge in [-0.15, -0.1) is 0 Å². The first-order chi connectivity index (χ1) is 36.7. The molecule has 4 heterocycles. The van der Waals surface area contributed by atoms with Crippen LogP contribution in [0.25, 0.3) is 134 Å². The maximum Gasteiger partial charge on any atom is 0.238 e. The molecule has 0 aliphatic heterocycles. The molecule has 0 bridgehead atoms. The molecule has 8 nitrogen and oxygen atoms in total. The quantitative estimate of drug-likeness (QED) is 0.143. The van der Waals surface area contributed by atoms with E-state index in [0.717, 1.165) is 99.4 Å². The van der Waals surface area contributed by atoms with E-state index in [2.05, 4.69) is 203 Å². The van der Waals surface area contributed by atoms with E-state index in [4.69, 9.17) is 29.9 Å². The molecule has 0 amide bonds. The second kappa shape index (κ2) is 17.9. The van der Waals surface area contributed by atoms with Gasteiger partial charge in [0.05, 0.1) is 22.1 Å². The summed E-state index contributed by atoms with van der Waals surface area (Å²) < 4.78 is 4.61. The van der Waals surface area contributed by atoms with Gasteiger partial charge in [0.15, 0.2) is 29.1 Å². The molecule has 0 atom stereocenters. The molecule has 0 unspecified atom stereocenters. The van der Waals surface area contributed by atoms with E-state index in [1.165, 1.54) is 0 Å². The minimum Gasteiger partial charge on any atom is -0.307 e. The maximum atomic E-state index is 5.42. The number of fused-ring (bicyclic) bond motifs is 7. The molecule has 0 spiro atoms. The van der Waals surface area contributed by atoms with Crippen molar-refractivity contribution in [2.24, 2.45) is 0 Å². The highest BCUT2D eigenvalue weighted by Gasteiger charge is 2.24. The molecule has 14 rings (SSSR count). The van der Waals surface area contributed by atoms with Gasteiger partial charge in [-0.2, -0.15) is 9.97 Å². The normalized spacial score (nSPS) is 11.5. The number of aromatic nitrogens is 8. The van der Waals surface area contributed by atoms with Gasteiger partial charge >= 0.3 is 0 Å². The van der Waals surface area contributed by atoms with E-state index in [9.17, 15) is 0 Å². The summed E-state index contributed by atoms with van der Waals surface area (Å²) in [6, 6.07) is 88.2. The smallest absolute Gasteiger partial charge is 0.238 e. The second-order valence-corrected chi connectivity index (χ2v) is 18.3. The molecule has 0 radical (unpaired) electrons. The Hall–Kier alpha value is -10.2. The summed E-state index contributed by atoms with van der Waals surface area (Å²) in [7, 11) is 0. The van der Waals surface area contributed by atoms with Crippen LogP contribution >= 0.6 is 0 Å². The van der Waals surface area contributed by atoms with Crippen LogP contribution in [-0.4, -0.2) is 39.0 Å².